The summed E-state index contributed by atoms with van der Waals surface area (Å²) in [4.78, 5) is 31.1. The Balaban J connectivity index is 1.34. The molecule has 0 atom stereocenters. The molecule has 0 spiro atoms. The fourth-order valence-electron chi connectivity index (χ4n) is 3.88. The van der Waals surface area contributed by atoms with Crippen LogP contribution in [0, 0.1) is 6.92 Å². The summed E-state index contributed by atoms with van der Waals surface area (Å²) in [6, 6.07) is 9.60. The van der Waals surface area contributed by atoms with Crippen LogP contribution in [0.25, 0.3) is 5.69 Å². The number of hydrogen-bond acceptors (Lipinski definition) is 3. The lowest BCUT2D eigenvalue weighted by Crippen LogP contribution is -2.54. The molecule has 7 heteroatoms. The molecule has 0 bridgehead atoms. The van der Waals surface area contributed by atoms with E-state index in [0.717, 1.165) is 37.3 Å². The van der Waals surface area contributed by atoms with E-state index < -0.39 is 0 Å². The topological polar surface area (TPSA) is 61.7 Å². The summed E-state index contributed by atoms with van der Waals surface area (Å²) < 4.78 is 1.80. The molecule has 7 nitrogen and oxygen atoms in total. The van der Waals surface area contributed by atoms with Gasteiger partial charge in [-0.15, -0.1) is 0 Å². The number of carbonyl (C=O) groups is 2. The summed E-state index contributed by atoms with van der Waals surface area (Å²) in [7, 11) is 0. The molecule has 2 aromatic rings. The lowest BCUT2D eigenvalue weighted by molar-refractivity contribution is 0.0633. The summed E-state index contributed by atoms with van der Waals surface area (Å²) in [5.74, 6) is 0.0215. The number of carbonyl (C=O) groups excluding carboxylic acids is 2. The van der Waals surface area contributed by atoms with Crippen LogP contribution in [0.5, 0.6) is 0 Å². The molecule has 28 heavy (non-hydrogen) atoms. The second kappa shape index (κ2) is 8.04. The Hall–Kier alpha value is -2.83. The average molecular weight is 381 g/mol. The number of benzene rings is 1. The van der Waals surface area contributed by atoms with Crippen LogP contribution < -0.4 is 0 Å². The fourth-order valence-corrected chi connectivity index (χ4v) is 3.88. The molecule has 4 rings (SSSR count). The first kappa shape index (κ1) is 18.5. The molecular weight excluding hydrogens is 354 g/mol. The highest BCUT2D eigenvalue weighted by atomic mass is 16.2. The highest BCUT2D eigenvalue weighted by molar-refractivity contribution is 5.94. The molecule has 1 aromatic carbocycles. The van der Waals surface area contributed by atoms with Gasteiger partial charge in [-0.05, 0) is 56.5 Å². The Bertz CT molecular complexity index is 831. The van der Waals surface area contributed by atoms with E-state index in [4.69, 9.17) is 0 Å². The molecule has 0 aliphatic carbocycles. The van der Waals surface area contributed by atoms with Crippen molar-refractivity contribution in [2.45, 2.75) is 26.2 Å². The largest absolute Gasteiger partial charge is 0.335 e. The van der Waals surface area contributed by atoms with E-state index in [0.29, 0.717) is 31.7 Å². The van der Waals surface area contributed by atoms with E-state index in [1.807, 2.05) is 58.2 Å². The number of amides is 3. The van der Waals surface area contributed by atoms with Crippen LogP contribution in [0.15, 0.2) is 36.5 Å². The van der Waals surface area contributed by atoms with Gasteiger partial charge in [-0.2, -0.15) is 5.10 Å². The highest BCUT2D eigenvalue weighted by Gasteiger charge is 2.28. The van der Waals surface area contributed by atoms with Gasteiger partial charge in [0.15, 0.2) is 0 Å². The van der Waals surface area contributed by atoms with Gasteiger partial charge in [-0.1, -0.05) is 0 Å². The third-order valence-corrected chi connectivity index (χ3v) is 5.57. The van der Waals surface area contributed by atoms with Crippen LogP contribution in [0.4, 0.5) is 4.79 Å². The van der Waals surface area contributed by atoms with Gasteiger partial charge in [0.05, 0.1) is 11.4 Å². The van der Waals surface area contributed by atoms with Crippen LogP contribution in [0.1, 0.15) is 35.3 Å². The molecule has 2 aliphatic heterocycles. The number of rotatable bonds is 2. The molecule has 2 aliphatic rings. The number of urea groups is 1. The minimum atomic E-state index is 0.0215. The van der Waals surface area contributed by atoms with Gasteiger partial charge in [-0.25, -0.2) is 9.48 Å². The minimum Gasteiger partial charge on any atom is -0.335 e. The van der Waals surface area contributed by atoms with E-state index in [2.05, 4.69) is 5.10 Å². The molecule has 1 aromatic heterocycles. The van der Waals surface area contributed by atoms with Gasteiger partial charge >= 0.3 is 6.03 Å². The summed E-state index contributed by atoms with van der Waals surface area (Å²) in [6.45, 7) is 6.04. The van der Waals surface area contributed by atoms with Crippen LogP contribution in [0.3, 0.4) is 0 Å². The summed E-state index contributed by atoms with van der Waals surface area (Å²) in [6.07, 6.45) is 5.31. The SMILES string of the molecule is Cc1ccn(-c2ccc(C(=O)N3CCN(C(=O)N4CCCCC4)CC3)cc2)n1. The number of aryl methyl sites for hydroxylation is 1. The van der Waals surface area contributed by atoms with E-state index in [-0.39, 0.29) is 11.9 Å². The lowest BCUT2D eigenvalue weighted by Gasteiger charge is -2.38. The molecule has 0 N–H and O–H groups in total. The average Bonchev–Trinajstić information content (AvgIpc) is 3.20. The maximum atomic E-state index is 12.8. The first-order chi connectivity index (χ1) is 13.6. The van der Waals surface area contributed by atoms with Crippen molar-refractivity contribution in [3.05, 3.63) is 47.8 Å². The minimum absolute atomic E-state index is 0.0215. The van der Waals surface area contributed by atoms with Gasteiger partial charge in [0.25, 0.3) is 5.91 Å². The molecule has 0 unspecified atom stereocenters. The Morgan fingerprint density at radius 1 is 0.786 bits per heavy atom. The maximum Gasteiger partial charge on any atom is 0.320 e. The first-order valence-electron chi connectivity index (χ1n) is 10.1. The Morgan fingerprint density at radius 2 is 1.39 bits per heavy atom. The number of piperazine rings is 1. The second-order valence-electron chi connectivity index (χ2n) is 7.56. The zero-order chi connectivity index (χ0) is 19.5. The Kier molecular flexibility index (Phi) is 5.32. The van der Waals surface area contributed by atoms with E-state index in [9.17, 15) is 9.59 Å². The van der Waals surface area contributed by atoms with E-state index in [1.54, 1.807) is 4.68 Å². The Labute approximate surface area is 165 Å². The van der Waals surface area contributed by atoms with Crippen molar-refractivity contribution in [3.8, 4) is 5.69 Å². The quantitative estimate of drug-likeness (QED) is 0.803. The third kappa shape index (κ3) is 3.88. The Morgan fingerprint density at radius 3 is 2.00 bits per heavy atom. The molecular formula is C21H27N5O2. The third-order valence-electron chi connectivity index (χ3n) is 5.57. The van der Waals surface area contributed by atoms with Crippen molar-refractivity contribution in [3.63, 3.8) is 0 Å². The number of hydrogen-bond donors (Lipinski definition) is 0. The summed E-state index contributed by atoms with van der Waals surface area (Å²) in [5, 5.41) is 4.39. The van der Waals surface area contributed by atoms with Crippen molar-refractivity contribution < 1.29 is 9.59 Å². The number of piperidine rings is 1. The fraction of sp³-hybridized carbons (Fsp3) is 0.476. The molecule has 3 amide bonds. The van der Waals surface area contributed by atoms with Crippen molar-refractivity contribution in [1.82, 2.24) is 24.5 Å². The molecule has 0 radical (unpaired) electrons. The lowest BCUT2D eigenvalue weighted by atomic mass is 10.1. The predicted molar refractivity (Wildman–Crippen MR) is 107 cm³/mol. The van der Waals surface area contributed by atoms with Gasteiger partial charge < -0.3 is 14.7 Å². The predicted octanol–water partition coefficient (Wildman–Crippen LogP) is 2.54. The van der Waals surface area contributed by atoms with Crippen molar-refractivity contribution >= 4 is 11.9 Å². The molecule has 2 fully saturated rings. The van der Waals surface area contributed by atoms with Crippen LogP contribution in [0.2, 0.25) is 0 Å². The van der Waals surface area contributed by atoms with Crippen LogP contribution in [-0.4, -0.2) is 75.7 Å². The zero-order valence-electron chi connectivity index (χ0n) is 16.4. The summed E-state index contributed by atoms with van der Waals surface area (Å²) >= 11 is 0. The van der Waals surface area contributed by atoms with E-state index >= 15 is 0 Å². The molecule has 3 heterocycles. The smallest absolute Gasteiger partial charge is 0.320 e. The first-order valence-corrected chi connectivity index (χ1v) is 10.1. The van der Waals surface area contributed by atoms with Crippen molar-refractivity contribution in [1.29, 1.82) is 0 Å². The molecule has 2 saturated heterocycles. The van der Waals surface area contributed by atoms with Crippen LogP contribution in [-0.2, 0) is 0 Å². The zero-order valence-corrected chi connectivity index (χ0v) is 16.4. The number of likely N-dealkylation sites (tertiary alicyclic amines) is 1. The van der Waals surface area contributed by atoms with E-state index in [1.165, 1.54) is 6.42 Å². The van der Waals surface area contributed by atoms with Gasteiger partial charge in [0.2, 0.25) is 0 Å². The normalized spacial score (nSPS) is 17.7. The monoisotopic (exact) mass is 381 g/mol. The maximum absolute atomic E-state index is 12.8. The number of aromatic nitrogens is 2. The standard InChI is InChI=1S/C21H27N5O2/c1-17-9-12-26(22-17)19-7-5-18(6-8-19)20(27)23-13-15-25(16-14-23)21(28)24-10-3-2-4-11-24/h5-9,12H,2-4,10-11,13-16H2,1H3. The van der Waals surface area contributed by atoms with Crippen molar-refractivity contribution in [2.75, 3.05) is 39.3 Å². The molecule has 148 valence electrons. The summed E-state index contributed by atoms with van der Waals surface area (Å²) in [5.41, 5.74) is 2.56. The number of nitrogens with zero attached hydrogens (tertiary/aromatic N) is 5. The van der Waals surface area contributed by atoms with Gasteiger partial charge in [0.1, 0.15) is 0 Å². The second-order valence-corrected chi connectivity index (χ2v) is 7.56. The highest BCUT2D eigenvalue weighted by Crippen LogP contribution is 2.15. The van der Waals surface area contributed by atoms with Crippen LogP contribution >= 0.6 is 0 Å². The van der Waals surface area contributed by atoms with Gasteiger partial charge in [0, 0.05) is 51.0 Å². The van der Waals surface area contributed by atoms with Crippen molar-refractivity contribution in [2.24, 2.45) is 0 Å². The molecule has 0 saturated carbocycles. The van der Waals surface area contributed by atoms with Gasteiger partial charge in [-0.3, -0.25) is 4.79 Å².